The highest BCUT2D eigenvalue weighted by Gasteiger charge is 2.42. The summed E-state index contributed by atoms with van der Waals surface area (Å²) in [4.78, 5) is 2.43. The molecule has 1 aliphatic rings. The van der Waals surface area contributed by atoms with Gasteiger partial charge in [-0.25, -0.2) is 0 Å². The Hall–Kier alpha value is 0.100. The Kier molecular flexibility index (Phi) is 2.27. The topological polar surface area (TPSA) is 46.2 Å². The van der Waals surface area contributed by atoms with Crippen molar-refractivity contribution in [1.82, 2.24) is 0 Å². The van der Waals surface area contributed by atoms with E-state index < -0.39 is 0 Å². The quantitative estimate of drug-likeness (QED) is 0.814. The zero-order valence-electron chi connectivity index (χ0n) is 7.38. The molecular formula is C9H12BrNOS. The lowest BCUT2D eigenvalue weighted by Crippen LogP contribution is -2.51. The fourth-order valence-corrected chi connectivity index (χ4v) is 3.34. The summed E-state index contributed by atoms with van der Waals surface area (Å²) in [6, 6.07) is 2.08. The average Bonchev–Trinajstić information content (AvgIpc) is 2.30. The van der Waals surface area contributed by atoms with Gasteiger partial charge >= 0.3 is 0 Å². The zero-order chi connectivity index (χ0) is 9.64. The molecule has 0 spiro atoms. The minimum atomic E-state index is -0.263. The van der Waals surface area contributed by atoms with E-state index in [1.54, 1.807) is 11.3 Å². The molecule has 0 aliphatic heterocycles. The van der Waals surface area contributed by atoms with Crippen LogP contribution in [-0.4, -0.2) is 11.2 Å². The van der Waals surface area contributed by atoms with Crippen LogP contribution in [0, 0.1) is 6.92 Å². The average molecular weight is 262 g/mol. The fourth-order valence-electron chi connectivity index (χ4n) is 1.69. The highest BCUT2D eigenvalue weighted by Crippen LogP contribution is 2.43. The van der Waals surface area contributed by atoms with Crippen LogP contribution in [0.3, 0.4) is 0 Å². The van der Waals surface area contributed by atoms with E-state index in [2.05, 4.69) is 28.9 Å². The van der Waals surface area contributed by atoms with Crippen LogP contribution >= 0.6 is 27.3 Å². The molecule has 4 heteroatoms. The van der Waals surface area contributed by atoms with Crippen molar-refractivity contribution in [3.63, 3.8) is 0 Å². The first-order valence-corrected chi connectivity index (χ1v) is 5.85. The van der Waals surface area contributed by atoms with Gasteiger partial charge in [0.15, 0.2) is 0 Å². The van der Waals surface area contributed by atoms with Gasteiger partial charge in [0, 0.05) is 14.2 Å². The normalized spacial score (nSPS) is 33.1. The second kappa shape index (κ2) is 3.05. The molecule has 13 heavy (non-hydrogen) atoms. The van der Waals surface area contributed by atoms with E-state index in [0.717, 1.165) is 4.47 Å². The largest absolute Gasteiger partial charge is 0.393 e. The number of nitrogens with two attached hydrogens (primary N) is 1. The highest BCUT2D eigenvalue weighted by atomic mass is 79.9. The third-order valence-corrected chi connectivity index (χ3v) is 4.90. The fraction of sp³-hybridized carbons (Fsp3) is 0.556. The predicted octanol–water partition coefficient (Wildman–Crippen LogP) is 2.13. The first-order valence-electron chi connectivity index (χ1n) is 4.25. The van der Waals surface area contributed by atoms with E-state index in [9.17, 15) is 5.11 Å². The summed E-state index contributed by atoms with van der Waals surface area (Å²) in [5.74, 6) is 0. The first-order chi connectivity index (χ1) is 6.01. The Morgan fingerprint density at radius 1 is 1.69 bits per heavy atom. The standard InChI is InChI=1S/C9H12BrNOS/c1-5-7(10)2-8(13-5)9(11)3-6(12)4-9/h2,6,12H,3-4,11H2,1H3. The molecule has 0 amide bonds. The summed E-state index contributed by atoms with van der Waals surface area (Å²) >= 11 is 5.19. The number of thiophene rings is 1. The Balaban J connectivity index is 2.26. The molecule has 0 radical (unpaired) electrons. The van der Waals surface area contributed by atoms with Crippen molar-refractivity contribution < 1.29 is 5.11 Å². The predicted molar refractivity (Wildman–Crippen MR) is 57.9 cm³/mol. The molecule has 0 saturated heterocycles. The Bertz CT molecular complexity index is 311. The van der Waals surface area contributed by atoms with E-state index in [-0.39, 0.29) is 11.6 Å². The molecule has 2 rings (SSSR count). The van der Waals surface area contributed by atoms with E-state index in [0.29, 0.717) is 12.8 Å². The van der Waals surface area contributed by atoms with Crippen molar-refractivity contribution >= 4 is 27.3 Å². The van der Waals surface area contributed by atoms with Crippen molar-refractivity contribution in [3.05, 3.63) is 20.3 Å². The van der Waals surface area contributed by atoms with Crippen LogP contribution in [0.1, 0.15) is 22.6 Å². The van der Waals surface area contributed by atoms with Gasteiger partial charge in [0.1, 0.15) is 0 Å². The molecule has 0 bridgehead atoms. The molecule has 0 unspecified atom stereocenters. The molecule has 2 nitrogen and oxygen atoms in total. The molecule has 1 fully saturated rings. The number of aliphatic hydroxyl groups is 1. The lowest BCUT2D eigenvalue weighted by molar-refractivity contribution is 0.0227. The van der Waals surface area contributed by atoms with Gasteiger partial charge < -0.3 is 10.8 Å². The third kappa shape index (κ3) is 1.56. The van der Waals surface area contributed by atoms with E-state index in [1.807, 2.05) is 0 Å². The molecule has 0 atom stereocenters. The van der Waals surface area contributed by atoms with Crippen molar-refractivity contribution in [1.29, 1.82) is 0 Å². The van der Waals surface area contributed by atoms with Gasteiger partial charge in [-0.3, -0.25) is 0 Å². The SMILES string of the molecule is Cc1sc(C2(N)CC(O)C2)cc1Br. The minimum Gasteiger partial charge on any atom is -0.393 e. The van der Waals surface area contributed by atoms with Gasteiger partial charge in [-0.2, -0.15) is 0 Å². The van der Waals surface area contributed by atoms with Crippen molar-refractivity contribution in [2.45, 2.75) is 31.4 Å². The Morgan fingerprint density at radius 3 is 2.69 bits per heavy atom. The number of hydrogen-bond acceptors (Lipinski definition) is 3. The van der Waals surface area contributed by atoms with Crippen LogP contribution in [0.15, 0.2) is 10.5 Å². The maximum Gasteiger partial charge on any atom is 0.0582 e. The van der Waals surface area contributed by atoms with Gasteiger partial charge in [-0.05, 0) is 41.8 Å². The van der Waals surface area contributed by atoms with Gasteiger partial charge in [-0.15, -0.1) is 11.3 Å². The van der Waals surface area contributed by atoms with Crippen molar-refractivity contribution in [2.24, 2.45) is 5.73 Å². The van der Waals surface area contributed by atoms with E-state index >= 15 is 0 Å². The highest BCUT2D eigenvalue weighted by molar-refractivity contribution is 9.10. The molecular weight excluding hydrogens is 250 g/mol. The monoisotopic (exact) mass is 261 g/mol. The maximum absolute atomic E-state index is 9.23. The van der Waals surface area contributed by atoms with Gasteiger partial charge in [0.05, 0.1) is 11.6 Å². The van der Waals surface area contributed by atoms with Crippen molar-refractivity contribution in [2.75, 3.05) is 0 Å². The number of aliphatic hydroxyl groups excluding tert-OH is 1. The second-order valence-electron chi connectivity index (χ2n) is 3.73. The van der Waals surface area contributed by atoms with Crippen LogP contribution in [0.25, 0.3) is 0 Å². The molecule has 1 saturated carbocycles. The molecule has 0 aromatic carbocycles. The molecule has 72 valence electrons. The van der Waals surface area contributed by atoms with Crippen LogP contribution in [-0.2, 0) is 5.54 Å². The van der Waals surface area contributed by atoms with Crippen molar-refractivity contribution in [3.8, 4) is 0 Å². The molecule has 3 N–H and O–H groups in total. The summed E-state index contributed by atoms with van der Waals surface area (Å²) in [5.41, 5.74) is 5.86. The van der Waals surface area contributed by atoms with Gasteiger partial charge in [-0.1, -0.05) is 0 Å². The smallest absolute Gasteiger partial charge is 0.0582 e. The molecule has 1 aromatic rings. The van der Waals surface area contributed by atoms with Crippen LogP contribution in [0.4, 0.5) is 0 Å². The summed E-state index contributed by atoms with van der Waals surface area (Å²) in [6.07, 6.45) is 1.19. The summed E-state index contributed by atoms with van der Waals surface area (Å²) in [6.45, 7) is 2.07. The molecule has 1 aliphatic carbocycles. The van der Waals surface area contributed by atoms with Gasteiger partial charge in [0.25, 0.3) is 0 Å². The van der Waals surface area contributed by atoms with Crippen LogP contribution in [0.5, 0.6) is 0 Å². The van der Waals surface area contributed by atoms with Crippen LogP contribution in [0.2, 0.25) is 0 Å². The van der Waals surface area contributed by atoms with Crippen LogP contribution < -0.4 is 5.73 Å². The third-order valence-electron chi connectivity index (χ3n) is 2.55. The number of aryl methyl sites for hydroxylation is 1. The summed E-state index contributed by atoms with van der Waals surface area (Å²) < 4.78 is 1.12. The van der Waals surface area contributed by atoms with Gasteiger partial charge in [0.2, 0.25) is 0 Å². The molecule has 1 heterocycles. The van der Waals surface area contributed by atoms with E-state index in [1.165, 1.54) is 9.75 Å². The minimum absolute atomic E-state index is 0.203. The maximum atomic E-state index is 9.23. The number of hydrogen-bond donors (Lipinski definition) is 2. The van der Waals surface area contributed by atoms with E-state index in [4.69, 9.17) is 5.73 Å². The summed E-state index contributed by atoms with van der Waals surface area (Å²) in [5, 5.41) is 9.23. The molecule has 1 aromatic heterocycles. The first kappa shape index (κ1) is 9.65. The Morgan fingerprint density at radius 2 is 2.31 bits per heavy atom. The lowest BCUT2D eigenvalue weighted by atomic mass is 9.74. The second-order valence-corrected chi connectivity index (χ2v) is 5.84. The zero-order valence-corrected chi connectivity index (χ0v) is 9.78. The number of halogens is 1. The Labute approximate surface area is 89.9 Å². The summed E-state index contributed by atoms with van der Waals surface area (Å²) in [7, 11) is 0. The number of rotatable bonds is 1. The lowest BCUT2D eigenvalue weighted by Gasteiger charge is -2.41.